The number of amides is 4. The summed E-state index contributed by atoms with van der Waals surface area (Å²) in [5, 5.41) is 2.99. The first-order valence-corrected chi connectivity index (χ1v) is 11.3. The van der Waals surface area contributed by atoms with Gasteiger partial charge < -0.3 is 19.7 Å². The molecule has 1 saturated carbocycles. The highest BCUT2D eigenvalue weighted by Crippen LogP contribution is 2.39. The van der Waals surface area contributed by atoms with Crippen molar-refractivity contribution in [3.63, 3.8) is 0 Å². The van der Waals surface area contributed by atoms with E-state index in [4.69, 9.17) is 9.47 Å². The first kappa shape index (κ1) is 21.5. The molecule has 2 unspecified atom stereocenters. The number of carbonyl (C=O) groups excluding carboxylic acids is 3. The van der Waals surface area contributed by atoms with Crippen molar-refractivity contribution in [2.45, 2.75) is 50.1 Å². The number of carbonyl (C=O) groups is 3. The van der Waals surface area contributed by atoms with E-state index in [9.17, 15) is 14.4 Å². The lowest BCUT2D eigenvalue weighted by Crippen LogP contribution is -2.53. The van der Waals surface area contributed by atoms with Crippen molar-refractivity contribution in [3.8, 4) is 0 Å². The summed E-state index contributed by atoms with van der Waals surface area (Å²) in [7, 11) is 1.69. The molecule has 0 bridgehead atoms. The minimum atomic E-state index is -0.743. The molecule has 3 heterocycles. The Morgan fingerprint density at radius 1 is 1.13 bits per heavy atom. The van der Waals surface area contributed by atoms with Gasteiger partial charge in [-0.3, -0.25) is 19.4 Å². The molecule has 3 aliphatic heterocycles. The molecule has 3 saturated heterocycles. The summed E-state index contributed by atoms with van der Waals surface area (Å²) >= 11 is 0. The normalized spacial score (nSPS) is 28.4. The van der Waals surface area contributed by atoms with Gasteiger partial charge in [-0.2, -0.15) is 0 Å². The van der Waals surface area contributed by atoms with Crippen LogP contribution < -0.4 is 5.32 Å². The van der Waals surface area contributed by atoms with Crippen molar-refractivity contribution >= 4 is 17.8 Å². The molecule has 0 aromatic carbocycles. The maximum atomic E-state index is 13.1. The van der Waals surface area contributed by atoms with Crippen molar-refractivity contribution in [1.29, 1.82) is 0 Å². The molecule has 9 heteroatoms. The van der Waals surface area contributed by atoms with Crippen LogP contribution in [0.5, 0.6) is 0 Å². The molecule has 168 valence electrons. The molecular formula is C21H34N4O5. The fraction of sp³-hybridized carbons (Fsp3) is 0.857. The van der Waals surface area contributed by atoms with Crippen LogP contribution in [0.1, 0.15) is 38.5 Å². The summed E-state index contributed by atoms with van der Waals surface area (Å²) in [5.74, 6) is -0.121. The number of morpholine rings is 1. The average Bonchev–Trinajstić information content (AvgIpc) is 3.36. The SMILES string of the molecule is CN1C(=O)N(CC(=O)NCC(C2CCOC2)N2CCOCC2)C(=O)C12CCCCC2. The largest absolute Gasteiger partial charge is 0.381 e. The highest BCUT2D eigenvalue weighted by atomic mass is 16.5. The van der Waals surface area contributed by atoms with Crippen LogP contribution in [0.3, 0.4) is 0 Å². The van der Waals surface area contributed by atoms with Gasteiger partial charge in [-0.25, -0.2) is 4.79 Å². The van der Waals surface area contributed by atoms with E-state index in [0.29, 0.717) is 45.1 Å². The molecule has 30 heavy (non-hydrogen) atoms. The Morgan fingerprint density at radius 2 is 1.87 bits per heavy atom. The second kappa shape index (κ2) is 9.20. The Kier molecular flexibility index (Phi) is 6.60. The molecule has 2 atom stereocenters. The summed E-state index contributed by atoms with van der Waals surface area (Å²) in [6.07, 6.45) is 5.32. The van der Waals surface area contributed by atoms with Gasteiger partial charge in [-0.05, 0) is 19.3 Å². The smallest absolute Gasteiger partial charge is 0.327 e. The predicted molar refractivity (Wildman–Crippen MR) is 109 cm³/mol. The van der Waals surface area contributed by atoms with Gasteiger partial charge in [0.1, 0.15) is 12.1 Å². The summed E-state index contributed by atoms with van der Waals surface area (Å²) in [6.45, 7) is 4.82. The lowest BCUT2D eigenvalue weighted by molar-refractivity contribution is -0.137. The first-order valence-electron chi connectivity index (χ1n) is 11.3. The fourth-order valence-electron chi connectivity index (χ4n) is 5.45. The molecule has 4 aliphatic rings. The molecule has 0 aromatic heterocycles. The summed E-state index contributed by atoms with van der Waals surface area (Å²) in [6, 6.07) is -0.177. The quantitative estimate of drug-likeness (QED) is 0.625. The third-order valence-corrected chi connectivity index (χ3v) is 7.32. The van der Waals surface area contributed by atoms with Crippen molar-refractivity contribution in [1.82, 2.24) is 20.0 Å². The summed E-state index contributed by atoms with van der Waals surface area (Å²) in [5.41, 5.74) is -0.743. The molecule has 0 radical (unpaired) electrons. The average molecular weight is 423 g/mol. The molecule has 1 aliphatic carbocycles. The highest BCUT2D eigenvalue weighted by Gasteiger charge is 2.55. The van der Waals surface area contributed by atoms with Crippen molar-refractivity contribution in [2.24, 2.45) is 5.92 Å². The Labute approximate surface area is 178 Å². The van der Waals surface area contributed by atoms with Crippen LogP contribution in [0.2, 0.25) is 0 Å². The van der Waals surface area contributed by atoms with E-state index in [2.05, 4.69) is 10.2 Å². The van der Waals surface area contributed by atoms with Crippen molar-refractivity contribution < 1.29 is 23.9 Å². The summed E-state index contributed by atoms with van der Waals surface area (Å²) < 4.78 is 11.0. The van der Waals surface area contributed by atoms with Crippen LogP contribution >= 0.6 is 0 Å². The maximum absolute atomic E-state index is 13.1. The number of likely N-dealkylation sites (N-methyl/N-ethyl adjacent to an activating group) is 1. The Balaban J connectivity index is 1.36. The second-order valence-electron chi connectivity index (χ2n) is 8.97. The van der Waals surface area contributed by atoms with Gasteiger partial charge in [0.15, 0.2) is 0 Å². The number of rotatable bonds is 6. The van der Waals surface area contributed by atoms with E-state index in [-0.39, 0.29) is 30.4 Å². The number of hydrogen-bond acceptors (Lipinski definition) is 6. The van der Waals surface area contributed by atoms with Gasteiger partial charge >= 0.3 is 6.03 Å². The number of nitrogens with one attached hydrogen (secondary N) is 1. The Hall–Kier alpha value is -1.71. The fourth-order valence-corrected chi connectivity index (χ4v) is 5.45. The lowest BCUT2D eigenvalue weighted by atomic mass is 9.81. The summed E-state index contributed by atoms with van der Waals surface area (Å²) in [4.78, 5) is 43.6. The Morgan fingerprint density at radius 3 is 2.53 bits per heavy atom. The molecule has 4 fully saturated rings. The van der Waals surface area contributed by atoms with Crippen LogP contribution in [-0.2, 0) is 19.1 Å². The van der Waals surface area contributed by atoms with Crippen LogP contribution in [-0.4, -0.2) is 104 Å². The van der Waals surface area contributed by atoms with E-state index >= 15 is 0 Å². The minimum Gasteiger partial charge on any atom is -0.381 e. The van der Waals surface area contributed by atoms with Gasteiger partial charge in [-0.1, -0.05) is 19.3 Å². The molecular weight excluding hydrogens is 388 g/mol. The van der Waals surface area contributed by atoms with E-state index < -0.39 is 5.54 Å². The molecule has 9 nitrogen and oxygen atoms in total. The maximum Gasteiger partial charge on any atom is 0.327 e. The third kappa shape index (κ3) is 4.07. The van der Waals surface area contributed by atoms with Crippen LogP contribution in [0.25, 0.3) is 0 Å². The van der Waals surface area contributed by atoms with Crippen molar-refractivity contribution in [3.05, 3.63) is 0 Å². The topological polar surface area (TPSA) is 91.4 Å². The predicted octanol–water partition coefficient (Wildman–Crippen LogP) is 0.437. The van der Waals surface area contributed by atoms with E-state index in [1.54, 1.807) is 11.9 Å². The molecule has 4 rings (SSSR count). The van der Waals surface area contributed by atoms with Gasteiger partial charge in [-0.15, -0.1) is 0 Å². The number of ether oxygens (including phenoxy) is 2. The zero-order valence-corrected chi connectivity index (χ0v) is 17.9. The van der Waals surface area contributed by atoms with Crippen molar-refractivity contribution in [2.75, 3.05) is 59.7 Å². The molecule has 4 amide bonds. The highest BCUT2D eigenvalue weighted by molar-refractivity contribution is 6.08. The molecule has 1 N–H and O–H groups in total. The van der Waals surface area contributed by atoms with Crippen LogP contribution in [0, 0.1) is 5.92 Å². The monoisotopic (exact) mass is 422 g/mol. The number of nitrogens with zero attached hydrogens (tertiary/aromatic N) is 3. The van der Waals surface area contributed by atoms with Gasteiger partial charge in [0.05, 0.1) is 19.8 Å². The van der Waals surface area contributed by atoms with E-state index in [1.807, 2.05) is 0 Å². The minimum absolute atomic E-state index is 0.178. The third-order valence-electron chi connectivity index (χ3n) is 7.32. The zero-order chi connectivity index (χ0) is 21.1. The second-order valence-corrected chi connectivity index (χ2v) is 8.97. The number of hydrogen-bond donors (Lipinski definition) is 1. The first-order chi connectivity index (χ1) is 14.5. The van der Waals surface area contributed by atoms with E-state index in [1.165, 1.54) is 0 Å². The molecule has 0 aromatic rings. The van der Waals surface area contributed by atoms with Gasteiger partial charge in [0.25, 0.3) is 5.91 Å². The number of urea groups is 1. The van der Waals surface area contributed by atoms with Gasteiger partial charge in [0, 0.05) is 45.2 Å². The zero-order valence-electron chi connectivity index (χ0n) is 17.9. The van der Waals surface area contributed by atoms with Crippen LogP contribution in [0.15, 0.2) is 0 Å². The lowest BCUT2D eigenvalue weighted by Gasteiger charge is -2.37. The number of imide groups is 1. The van der Waals surface area contributed by atoms with E-state index in [0.717, 1.165) is 50.3 Å². The van der Waals surface area contributed by atoms with Gasteiger partial charge in [0.2, 0.25) is 5.91 Å². The Bertz CT molecular complexity index is 654. The molecule has 1 spiro atoms. The standard InChI is InChI=1S/C21H34N4O5/c1-23-20(28)25(19(27)21(23)6-3-2-4-7-21)14-18(26)22-13-17(16-5-10-30-15-16)24-8-11-29-12-9-24/h16-17H,2-15H2,1H3,(H,22,26). The van der Waals surface area contributed by atoms with Crippen LogP contribution in [0.4, 0.5) is 4.79 Å².